The Hall–Kier alpha value is -1.32. The second kappa shape index (κ2) is 3.20. The van der Waals surface area contributed by atoms with Crippen molar-refractivity contribution in [3.63, 3.8) is 0 Å². The summed E-state index contributed by atoms with van der Waals surface area (Å²) >= 11 is 0. The first-order chi connectivity index (χ1) is 6.33. The van der Waals surface area contributed by atoms with Crippen LogP contribution in [0.3, 0.4) is 0 Å². The fraction of sp³-hybridized carbons (Fsp3) is 0.200. The molecule has 0 fully saturated rings. The predicted molar refractivity (Wildman–Crippen MR) is 50.2 cm³/mol. The molecule has 1 aromatic carbocycles. The van der Waals surface area contributed by atoms with Crippen molar-refractivity contribution in [3.05, 3.63) is 36.1 Å². The van der Waals surface area contributed by atoms with Gasteiger partial charge < -0.3 is 15.3 Å². The molecule has 3 heteroatoms. The molecular formula is C10H11NO2. The molecule has 0 aliphatic carbocycles. The van der Waals surface area contributed by atoms with E-state index in [0.717, 1.165) is 16.5 Å². The number of hydrogen-bond acceptors (Lipinski definition) is 3. The summed E-state index contributed by atoms with van der Waals surface area (Å²) in [6.45, 7) is -0.0659. The number of furan rings is 1. The van der Waals surface area contributed by atoms with Crippen molar-refractivity contribution >= 4 is 11.0 Å². The second-order valence-corrected chi connectivity index (χ2v) is 2.98. The monoisotopic (exact) mass is 177 g/mol. The molecule has 0 aliphatic rings. The summed E-state index contributed by atoms with van der Waals surface area (Å²) < 4.78 is 5.28. The van der Waals surface area contributed by atoms with Crippen molar-refractivity contribution in [2.24, 2.45) is 5.73 Å². The Labute approximate surface area is 75.8 Å². The van der Waals surface area contributed by atoms with Crippen LogP contribution in [-0.2, 0) is 0 Å². The van der Waals surface area contributed by atoms with Gasteiger partial charge in [-0.3, -0.25) is 0 Å². The lowest BCUT2D eigenvalue weighted by Gasteiger charge is -2.04. The molecule has 0 saturated heterocycles. The van der Waals surface area contributed by atoms with Crippen molar-refractivity contribution < 1.29 is 9.52 Å². The maximum Gasteiger partial charge on any atom is 0.134 e. The summed E-state index contributed by atoms with van der Waals surface area (Å²) in [5, 5.41) is 9.88. The summed E-state index contributed by atoms with van der Waals surface area (Å²) in [7, 11) is 0. The Bertz CT molecular complexity index is 408. The number of hydrogen-bond donors (Lipinski definition) is 2. The summed E-state index contributed by atoms with van der Waals surface area (Å²) in [5.74, 6) is 0. The van der Waals surface area contributed by atoms with Gasteiger partial charge in [-0.05, 0) is 6.07 Å². The zero-order valence-corrected chi connectivity index (χ0v) is 7.10. The highest BCUT2D eigenvalue weighted by Crippen LogP contribution is 2.24. The van der Waals surface area contributed by atoms with E-state index in [2.05, 4.69) is 0 Å². The van der Waals surface area contributed by atoms with Crippen molar-refractivity contribution in [1.29, 1.82) is 0 Å². The minimum absolute atomic E-state index is 0.0659. The molecule has 13 heavy (non-hydrogen) atoms. The maximum absolute atomic E-state index is 8.90. The van der Waals surface area contributed by atoms with Crippen LogP contribution in [0, 0.1) is 0 Å². The first kappa shape index (κ1) is 8.29. The number of aliphatic hydroxyl groups is 1. The van der Waals surface area contributed by atoms with E-state index in [1.54, 1.807) is 6.26 Å². The standard InChI is InChI=1S/C10H11NO2/c11-9(5-12)8-6-13-10-4-2-1-3-7(8)10/h1-4,6,9,12H,5,11H2/t9-/m0/s1. The van der Waals surface area contributed by atoms with E-state index in [4.69, 9.17) is 15.3 Å². The molecule has 0 saturated carbocycles. The smallest absolute Gasteiger partial charge is 0.134 e. The van der Waals surface area contributed by atoms with E-state index >= 15 is 0 Å². The molecule has 0 aliphatic heterocycles. The highest BCUT2D eigenvalue weighted by Gasteiger charge is 2.11. The molecule has 0 bridgehead atoms. The molecule has 0 spiro atoms. The molecule has 2 rings (SSSR count). The van der Waals surface area contributed by atoms with E-state index in [9.17, 15) is 0 Å². The van der Waals surface area contributed by atoms with Crippen molar-refractivity contribution in [2.45, 2.75) is 6.04 Å². The van der Waals surface area contributed by atoms with Crippen molar-refractivity contribution in [2.75, 3.05) is 6.61 Å². The van der Waals surface area contributed by atoms with Crippen LogP contribution in [0.4, 0.5) is 0 Å². The highest BCUT2D eigenvalue weighted by molar-refractivity contribution is 5.81. The van der Waals surface area contributed by atoms with Crippen LogP contribution in [0.2, 0.25) is 0 Å². The van der Waals surface area contributed by atoms with Crippen molar-refractivity contribution in [3.8, 4) is 0 Å². The van der Waals surface area contributed by atoms with Gasteiger partial charge >= 0.3 is 0 Å². The normalized spacial score (nSPS) is 13.4. The van der Waals surface area contributed by atoms with Gasteiger partial charge in [0.1, 0.15) is 5.58 Å². The van der Waals surface area contributed by atoms with E-state index in [1.807, 2.05) is 24.3 Å². The van der Waals surface area contributed by atoms with Gasteiger partial charge in [-0.15, -0.1) is 0 Å². The minimum Gasteiger partial charge on any atom is -0.464 e. The van der Waals surface area contributed by atoms with Crippen LogP contribution in [0.15, 0.2) is 34.9 Å². The number of benzene rings is 1. The largest absolute Gasteiger partial charge is 0.464 e. The lowest BCUT2D eigenvalue weighted by molar-refractivity contribution is 0.268. The van der Waals surface area contributed by atoms with Gasteiger partial charge in [0.15, 0.2) is 0 Å². The topological polar surface area (TPSA) is 59.4 Å². The van der Waals surface area contributed by atoms with Gasteiger partial charge in [0.05, 0.1) is 18.9 Å². The number of aliphatic hydroxyl groups excluding tert-OH is 1. The van der Waals surface area contributed by atoms with Crippen LogP contribution in [0.5, 0.6) is 0 Å². The summed E-state index contributed by atoms with van der Waals surface area (Å²) in [5.41, 5.74) is 7.36. The van der Waals surface area contributed by atoms with Gasteiger partial charge in [-0.1, -0.05) is 18.2 Å². The molecule has 0 amide bonds. The van der Waals surface area contributed by atoms with Crippen LogP contribution in [-0.4, -0.2) is 11.7 Å². The van der Waals surface area contributed by atoms with Gasteiger partial charge in [0, 0.05) is 10.9 Å². The molecule has 0 radical (unpaired) electrons. The Balaban J connectivity index is 2.57. The molecule has 3 nitrogen and oxygen atoms in total. The highest BCUT2D eigenvalue weighted by atomic mass is 16.3. The lowest BCUT2D eigenvalue weighted by atomic mass is 10.1. The van der Waals surface area contributed by atoms with Gasteiger partial charge in [0.25, 0.3) is 0 Å². The first-order valence-electron chi connectivity index (χ1n) is 4.15. The van der Waals surface area contributed by atoms with Gasteiger partial charge in [0.2, 0.25) is 0 Å². The Kier molecular flexibility index (Phi) is 2.04. The Morgan fingerprint density at radius 2 is 2.15 bits per heavy atom. The fourth-order valence-electron chi connectivity index (χ4n) is 1.38. The fourth-order valence-corrected chi connectivity index (χ4v) is 1.38. The number of para-hydroxylation sites is 1. The summed E-state index contributed by atoms with van der Waals surface area (Å²) in [6.07, 6.45) is 1.60. The quantitative estimate of drug-likeness (QED) is 0.729. The SMILES string of the molecule is N[C@@H](CO)c1coc2ccccc12. The molecule has 1 atom stereocenters. The first-order valence-corrected chi connectivity index (χ1v) is 4.15. The minimum atomic E-state index is -0.358. The second-order valence-electron chi connectivity index (χ2n) is 2.98. The molecule has 3 N–H and O–H groups in total. The number of nitrogens with two attached hydrogens (primary N) is 1. The van der Waals surface area contributed by atoms with Crippen molar-refractivity contribution in [1.82, 2.24) is 0 Å². The van der Waals surface area contributed by atoms with Crippen LogP contribution >= 0.6 is 0 Å². The van der Waals surface area contributed by atoms with Gasteiger partial charge in [-0.25, -0.2) is 0 Å². The average Bonchev–Trinajstić information content (AvgIpc) is 2.60. The Morgan fingerprint density at radius 1 is 1.38 bits per heavy atom. The maximum atomic E-state index is 8.90. The molecule has 68 valence electrons. The molecule has 1 heterocycles. The average molecular weight is 177 g/mol. The number of rotatable bonds is 2. The van der Waals surface area contributed by atoms with E-state index < -0.39 is 0 Å². The van der Waals surface area contributed by atoms with E-state index in [0.29, 0.717) is 0 Å². The zero-order chi connectivity index (χ0) is 9.26. The molecule has 1 aromatic heterocycles. The number of fused-ring (bicyclic) bond motifs is 1. The third-order valence-electron chi connectivity index (χ3n) is 2.11. The Morgan fingerprint density at radius 3 is 2.92 bits per heavy atom. The summed E-state index contributed by atoms with van der Waals surface area (Å²) in [6, 6.07) is 7.28. The molecule has 2 aromatic rings. The third kappa shape index (κ3) is 1.32. The lowest BCUT2D eigenvalue weighted by Crippen LogP contribution is -2.13. The van der Waals surface area contributed by atoms with Crippen LogP contribution in [0.25, 0.3) is 11.0 Å². The third-order valence-corrected chi connectivity index (χ3v) is 2.11. The predicted octanol–water partition coefficient (Wildman–Crippen LogP) is 1.42. The zero-order valence-electron chi connectivity index (χ0n) is 7.10. The molecule has 0 unspecified atom stereocenters. The van der Waals surface area contributed by atoms with Gasteiger partial charge in [-0.2, -0.15) is 0 Å². The van der Waals surface area contributed by atoms with Crippen LogP contribution in [0.1, 0.15) is 11.6 Å². The van der Waals surface area contributed by atoms with E-state index in [-0.39, 0.29) is 12.6 Å². The summed E-state index contributed by atoms with van der Waals surface area (Å²) in [4.78, 5) is 0. The molecular weight excluding hydrogens is 166 g/mol. The van der Waals surface area contributed by atoms with E-state index in [1.165, 1.54) is 0 Å². The van der Waals surface area contributed by atoms with Crippen LogP contribution < -0.4 is 5.73 Å².